The summed E-state index contributed by atoms with van der Waals surface area (Å²) < 4.78 is 2.27. The third-order valence-electron chi connectivity index (χ3n) is 6.24. The number of piperidine rings is 1. The number of benzene rings is 1. The summed E-state index contributed by atoms with van der Waals surface area (Å²) in [4.78, 5) is 26.2. The molecule has 9 heteroatoms. The Bertz CT molecular complexity index is 1170. The third-order valence-corrected chi connectivity index (χ3v) is 6.82. The SMILES string of the molecule is Cc1ccc(Nc2nc(Nc3ccc(N4CCC(N(C)C)CC4)cc3)ncc2Br)c(=O)n1C. The van der Waals surface area contributed by atoms with Gasteiger partial charge in [0.15, 0.2) is 5.82 Å². The van der Waals surface area contributed by atoms with Crippen LogP contribution in [-0.4, -0.2) is 52.7 Å². The van der Waals surface area contributed by atoms with Gasteiger partial charge in [-0.25, -0.2) is 4.98 Å². The van der Waals surface area contributed by atoms with Crippen LogP contribution >= 0.6 is 15.9 Å². The van der Waals surface area contributed by atoms with Crippen molar-refractivity contribution in [2.24, 2.45) is 7.05 Å². The number of rotatable bonds is 6. The van der Waals surface area contributed by atoms with E-state index in [-0.39, 0.29) is 5.56 Å². The molecule has 1 aliphatic rings. The predicted molar refractivity (Wildman–Crippen MR) is 138 cm³/mol. The van der Waals surface area contributed by atoms with Crippen LogP contribution in [0.4, 0.5) is 28.8 Å². The molecule has 0 amide bonds. The van der Waals surface area contributed by atoms with E-state index < -0.39 is 0 Å². The van der Waals surface area contributed by atoms with Gasteiger partial charge in [-0.2, -0.15) is 4.98 Å². The maximum atomic E-state index is 12.5. The van der Waals surface area contributed by atoms with E-state index in [4.69, 9.17) is 0 Å². The summed E-state index contributed by atoms with van der Waals surface area (Å²) in [5, 5.41) is 6.37. The van der Waals surface area contributed by atoms with Crippen LogP contribution in [0.2, 0.25) is 0 Å². The Morgan fingerprint density at radius 2 is 1.76 bits per heavy atom. The molecule has 1 aliphatic heterocycles. The van der Waals surface area contributed by atoms with Crippen LogP contribution < -0.4 is 21.1 Å². The van der Waals surface area contributed by atoms with Gasteiger partial charge in [-0.1, -0.05) is 0 Å². The highest BCUT2D eigenvalue weighted by Crippen LogP contribution is 2.26. The molecular weight excluding hydrogens is 482 g/mol. The molecular formula is C24H30BrN7O. The minimum Gasteiger partial charge on any atom is -0.371 e. The minimum absolute atomic E-state index is 0.111. The Hall–Kier alpha value is -2.91. The van der Waals surface area contributed by atoms with Crippen molar-refractivity contribution in [3.05, 3.63) is 63.1 Å². The molecule has 0 spiro atoms. The Balaban J connectivity index is 1.44. The van der Waals surface area contributed by atoms with Crippen LogP contribution in [0.25, 0.3) is 0 Å². The van der Waals surface area contributed by atoms with Gasteiger partial charge >= 0.3 is 0 Å². The lowest BCUT2D eigenvalue weighted by Gasteiger charge is -2.36. The maximum Gasteiger partial charge on any atom is 0.274 e. The fourth-order valence-electron chi connectivity index (χ4n) is 3.99. The monoisotopic (exact) mass is 511 g/mol. The average Bonchev–Trinajstić information content (AvgIpc) is 2.82. The van der Waals surface area contributed by atoms with Gasteiger partial charge in [0.05, 0.1) is 4.47 Å². The van der Waals surface area contributed by atoms with Crippen molar-refractivity contribution in [2.75, 3.05) is 42.7 Å². The van der Waals surface area contributed by atoms with Gasteiger partial charge in [0, 0.05) is 49.4 Å². The Morgan fingerprint density at radius 1 is 1.06 bits per heavy atom. The zero-order chi connectivity index (χ0) is 23.5. The number of nitrogens with one attached hydrogen (secondary N) is 2. The van der Waals surface area contributed by atoms with Gasteiger partial charge < -0.3 is 25.0 Å². The Kier molecular flexibility index (Phi) is 6.99. The number of halogens is 1. The second-order valence-electron chi connectivity index (χ2n) is 8.62. The van der Waals surface area contributed by atoms with Gasteiger partial charge in [0.25, 0.3) is 5.56 Å². The molecule has 0 bridgehead atoms. The molecule has 4 rings (SSSR count). The number of anilines is 5. The summed E-state index contributed by atoms with van der Waals surface area (Å²) in [5.74, 6) is 0.970. The smallest absolute Gasteiger partial charge is 0.274 e. The first-order valence-electron chi connectivity index (χ1n) is 11.1. The number of pyridine rings is 1. The van der Waals surface area contributed by atoms with Crippen LogP contribution in [0, 0.1) is 6.92 Å². The first kappa shape index (κ1) is 23.3. The fourth-order valence-corrected chi connectivity index (χ4v) is 4.28. The van der Waals surface area contributed by atoms with Crippen molar-refractivity contribution in [1.29, 1.82) is 0 Å². The lowest BCUT2D eigenvalue weighted by Crippen LogP contribution is -2.41. The molecule has 0 unspecified atom stereocenters. The van der Waals surface area contributed by atoms with Crippen molar-refractivity contribution >= 4 is 44.8 Å². The lowest BCUT2D eigenvalue weighted by atomic mass is 10.0. The molecule has 3 heterocycles. The van der Waals surface area contributed by atoms with Crippen molar-refractivity contribution in [1.82, 2.24) is 19.4 Å². The molecule has 174 valence electrons. The Morgan fingerprint density at radius 3 is 2.42 bits per heavy atom. The highest BCUT2D eigenvalue weighted by molar-refractivity contribution is 9.10. The van der Waals surface area contributed by atoms with Crippen molar-refractivity contribution in [3.63, 3.8) is 0 Å². The molecule has 8 nitrogen and oxygen atoms in total. The van der Waals surface area contributed by atoms with Gasteiger partial charge in [-0.05, 0) is 86.2 Å². The maximum absolute atomic E-state index is 12.5. The first-order valence-corrected chi connectivity index (χ1v) is 11.9. The van der Waals surface area contributed by atoms with Crippen LogP contribution in [0.5, 0.6) is 0 Å². The topological polar surface area (TPSA) is 78.3 Å². The zero-order valence-corrected chi connectivity index (χ0v) is 21.1. The molecule has 0 saturated carbocycles. The lowest BCUT2D eigenvalue weighted by molar-refractivity contribution is 0.249. The van der Waals surface area contributed by atoms with Gasteiger partial charge in [-0.15, -0.1) is 0 Å². The second kappa shape index (κ2) is 9.93. The minimum atomic E-state index is -0.111. The van der Waals surface area contributed by atoms with E-state index in [2.05, 4.69) is 72.6 Å². The fraction of sp³-hybridized carbons (Fsp3) is 0.375. The summed E-state index contributed by atoms with van der Waals surface area (Å²) in [6.07, 6.45) is 4.03. The van der Waals surface area contributed by atoms with Crippen molar-refractivity contribution in [2.45, 2.75) is 25.8 Å². The highest BCUT2D eigenvalue weighted by atomic mass is 79.9. The predicted octanol–water partition coefficient (Wildman–Crippen LogP) is 4.26. The molecule has 1 fully saturated rings. The molecule has 3 aromatic rings. The quantitative estimate of drug-likeness (QED) is 0.511. The largest absolute Gasteiger partial charge is 0.371 e. The molecule has 2 aromatic heterocycles. The molecule has 1 saturated heterocycles. The zero-order valence-electron chi connectivity index (χ0n) is 19.5. The van der Waals surface area contributed by atoms with E-state index in [0.29, 0.717) is 28.0 Å². The Labute approximate surface area is 202 Å². The third kappa shape index (κ3) is 5.36. The summed E-state index contributed by atoms with van der Waals surface area (Å²) in [6, 6.07) is 12.7. The van der Waals surface area contributed by atoms with E-state index in [1.807, 2.05) is 25.1 Å². The van der Waals surface area contributed by atoms with E-state index in [1.54, 1.807) is 23.9 Å². The van der Waals surface area contributed by atoms with Crippen LogP contribution in [0.3, 0.4) is 0 Å². The molecule has 0 aliphatic carbocycles. The number of aromatic nitrogens is 3. The van der Waals surface area contributed by atoms with Gasteiger partial charge in [-0.3, -0.25) is 4.79 Å². The van der Waals surface area contributed by atoms with Crippen molar-refractivity contribution in [3.8, 4) is 0 Å². The molecule has 0 radical (unpaired) electrons. The summed E-state index contributed by atoms with van der Waals surface area (Å²) in [7, 11) is 6.07. The normalized spacial score (nSPS) is 14.5. The summed E-state index contributed by atoms with van der Waals surface area (Å²) in [6.45, 7) is 4.03. The molecule has 1 aromatic carbocycles. The summed E-state index contributed by atoms with van der Waals surface area (Å²) in [5.41, 5.74) is 3.37. The van der Waals surface area contributed by atoms with E-state index in [9.17, 15) is 4.79 Å². The number of aryl methyl sites for hydroxylation is 1. The van der Waals surface area contributed by atoms with Crippen molar-refractivity contribution < 1.29 is 0 Å². The van der Waals surface area contributed by atoms with Crippen LogP contribution in [-0.2, 0) is 7.05 Å². The highest BCUT2D eigenvalue weighted by Gasteiger charge is 2.20. The molecule has 33 heavy (non-hydrogen) atoms. The van der Waals surface area contributed by atoms with E-state index in [0.717, 1.165) is 24.5 Å². The van der Waals surface area contributed by atoms with E-state index >= 15 is 0 Å². The number of hydrogen-bond acceptors (Lipinski definition) is 7. The van der Waals surface area contributed by atoms with E-state index in [1.165, 1.54) is 18.5 Å². The first-order chi connectivity index (χ1) is 15.8. The van der Waals surface area contributed by atoms with Crippen LogP contribution in [0.1, 0.15) is 18.5 Å². The van der Waals surface area contributed by atoms with Gasteiger partial charge in [0.1, 0.15) is 5.69 Å². The average molecular weight is 512 g/mol. The standard InChI is InChI=1S/C24H30BrN7O/c1-16-5-10-21(23(33)31(16)4)28-22-20(25)15-26-24(29-22)27-17-6-8-19(9-7-17)32-13-11-18(12-14-32)30(2)3/h5-10,15,18H,11-14H2,1-4H3,(H2,26,27,28,29). The number of hydrogen-bond donors (Lipinski definition) is 2. The molecule has 0 atom stereocenters. The molecule has 2 N–H and O–H groups in total. The van der Waals surface area contributed by atoms with Crippen LogP contribution in [0.15, 0.2) is 51.9 Å². The second-order valence-corrected chi connectivity index (χ2v) is 9.48. The number of nitrogens with zero attached hydrogens (tertiary/aromatic N) is 5. The summed E-state index contributed by atoms with van der Waals surface area (Å²) >= 11 is 3.46. The van der Waals surface area contributed by atoms with Gasteiger partial charge in [0.2, 0.25) is 5.95 Å².